The molecule has 2 rings (SSSR count). The number of carbonyl (C=O) groups is 2. The Morgan fingerprint density at radius 2 is 1.57 bits per heavy atom. The van der Waals surface area contributed by atoms with Gasteiger partial charge >= 0.3 is 6.09 Å². The summed E-state index contributed by atoms with van der Waals surface area (Å²) in [4.78, 5) is 28.9. The van der Waals surface area contributed by atoms with E-state index in [1.54, 1.807) is 11.9 Å². The monoisotopic (exact) mass is 325 g/mol. The van der Waals surface area contributed by atoms with Crippen LogP contribution in [0.2, 0.25) is 0 Å². The molecule has 0 bridgehead atoms. The lowest BCUT2D eigenvalue weighted by Gasteiger charge is -2.48. The van der Waals surface area contributed by atoms with Crippen LogP contribution in [0.3, 0.4) is 0 Å². The minimum atomic E-state index is -0.487. The van der Waals surface area contributed by atoms with Crippen LogP contribution in [0, 0.1) is 0 Å². The molecule has 1 N–H and O–H groups in total. The van der Waals surface area contributed by atoms with Crippen molar-refractivity contribution in [2.45, 2.75) is 64.0 Å². The van der Waals surface area contributed by atoms with Gasteiger partial charge in [0, 0.05) is 20.1 Å². The Balaban J connectivity index is 2.04. The van der Waals surface area contributed by atoms with Crippen LogP contribution in [-0.4, -0.2) is 66.2 Å². The third kappa shape index (κ3) is 4.16. The Labute approximate surface area is 139 Å². The molecule has 23 heavy (non-hydrogen) atoms. The van der Waals surface area contributed by atoms with Crippen molar-refractivity contribution in [1.29, 1.82) is 0 Å². The van der Waals surface area contributed by atoms with Crippen LogP contribution in [0.1, 0.15) is 52.9 Å². The molecule has 0 spiro atoms. The Kier molecular flexibility index (Phi) is 5.55. The van der Waals surface area contributed by atoms with Gasteiger partial charge in [0.05, 0.1) is 0 Å². The van der Waals surface area contributed by atoms with Crippen molar-refractivity contribution >= 4 is 12.0 Å². The minimum Gasteiger partial charge on any atom is -0.444 e. The van der Waals surface area contributed by atoms with Crippen LogP contribution < -0.4 is 5.32 Å². The molecule has 0 radical (unpaired) electrons. The normalized spacial score (nSPS) is 22.5. The molecule has 0 aromatic heterocycles. The molecule has 0 aromatic carbocycles. The van der Waals surface area contributed by atoms with Gasteiger partial charge < -0.3 is 15.0 Å². The van der Waals surface area contributed by atoms with Crippen LogP contribution >= 0.6 is 0 Å². The van der Waals surface area contributed by atoms with Crippen LogP contribution in [0.5, 0.6) is 0 Å². The molecule has 6 heteroatoms. The summed E-state index contributed by atoms with van der Waals surface area (Å²) >= 11 is 0. The van der Waals surface area contributed by atoms with E-state index in [9.17, 15) is 9.59 Å². The molecule has 0 aromatic rings. The van der Waals surface area contributed by atoms with E-state index < -0.39 is 11.1 Å². The number of carbonyl (C=O) groups excluding carboxylic acids is 2. The maximum absolute atomic E-state index is 12.6. The van der Waals surface area contributed by atoms with E-state index in [-0.39, 0.29) is 12.0 Å². The van der Waals surface area contributed by atoms with E-state index in [4.69, 9.17) is 4.74 Å². The summed E-state index contributed by atoms with van der Waals surface area (Å²) < 4.78 is 5.45. The largest absolute Gasteiger partial charge is 0.444 e. The van der Waals surface area contributed by atoms with E-state index in [0.29, 0.717) is 25.9 Å². The molecule has 2 saturated heterocycles. The number of likely N-dealkylation sites (tertiary alicyclic amines) is 2. The highest BCUT2D eigenvalue weighted by Crippen LogP contribution is 2.32. The topological polar surface area (TPSA) is 61.9 Å². The molecule has 6 nitrogen and oxygen atoms in total. The minimum absolute atomic E-state index is 0.0863. The van der Waals surface area contributed by atoms with Gasteiger partial charge in [0.25, 0.3) is 0 Å². The van der Waals surface area contributed by atoms with E-state index in [1.165, 1.54) is 6.42 Å². The third-order valence-electron chi connectivity index (χ3n) is 4.85. The standard InChI is InChI=1S/C17H31N3O3/c1-16(2,3)23-15(22)19-12-8-17(9-13-19,14(21)18-4)20-10-6-5-7-11-20/h5-13H2,1-4H3,(H,18,21). The van der Waals surface area contributed by atoms with Gasteiger partial charge in [-0.15, -0.1) is 0 Å². The number of rotatable bonds is 2. The van der Waals surface area contributed by atoms with Gasteiger partial charge in [-0.05, 0) is 59.5 Å². The van der Waals surface area contributed by atoms with Crippen LogP contribution in [0.4, 0.5) is 4.79 Å². The number of hydrogen-bond donors (Lipinski definition) is 1. The molecule has 2 fully saturated rings. The van der Waals surface area contributed by atoms with E-state index in [0.717, 1.165) is 25.9 Å². The number of nitrogens with zero attached hydrogens (tertiary/aromatic N) is 2. The molecule has 2 heterocycles. The first-order valence-corrected chi connectivity index (χ1v) is 8.74. The van der Waals surface area contributed by atoms with Gasteiger partial charge in [-0.2, -0.15) is 0 Å². The Hall–Kier alpha value is -1.30. The lowest BCUT2D eigenvalue weighted by Crippen LogP contribution is -2.64. The SMILES string of the molecule is CNC(=O)C1(N2CCCCC2)CCN(C(=O)OC(C)(C)C)CC1. The van der Waals surface area contributed by atoms with Crippen molar-refractivity contribution in [2.75, 3.05) is 33.2 Å². The highest BCUT2D eigenvalue weighted by molar-refractivity contribution is 5.86. The maximum Gasteiger partial charge on any atom is 0.410 e. The average molecular weight is 325 g/mol. The van der Waals surface area contributed by atoms with Gasteiger partial charge in [0.15, 0.2) is 0 Å². The number of likely N-dealkylation sites (N-methyl/N-ethyl adjacent to an activating group) is 1. The first-order valence-electron chi connectivity index (χ1n) is 8.74. The van der Waals surface area contributed by atoms with Gasteiger partial charge in [-0.1, -0.05) is 6.42 Å². The van der Waals surface area contributed by atoms with Crippen molar-refractivity contribution in [3.8, 4) is 0 Å². The fraction of sp³-hybridized carbons (Fsp3) is 0.882. The third-order valence-corrected chi connectivity index (χ3v) is 4.85. The number of ether oxygens (including phenoxy) is 1. The zero-order chi connectivity index (χ0) is 17.1. The molecule has 2 amide bonds. The first-order chi connectivity index (χ1) is 10.8. The average Bonchev–Trinajstić information content (AvgIpc) is 2.53. The van der Waals surface area contributed by atoms with Crippen molar-refractivity contribution in [3.63, 3.8) is 0 Å². The molecule has 0 unspecified atom stereocenters. The molecule has 0 atom stereocenters. The second kappa shape index (κ2) is 7.07. The number of amides is 2. The van der Waals surface area contributed by atoms with E-state index in [1.807, 2.05) is 20.8 Å². The Bertz CT molecular complexity index is 431. The van der Waals surface area contributed by atoms with Crippen molar-refractivity contribution < 1.29 is 14.3 Å². The molecule has 2 aliphatic rings. The smallest absolute Gasteiger partial charge is 0.410 e. The second-order valence-corrected chi connectivity index (χ2v) is 7.63. The molecular formula is C17H31N3O3. The molecule has 0 aliphatic carbocycles. The summed E-state index contributed by atoms with van der Waals surface area (Å²) in [5.41, 5.74) is -0.951. The maximum atomic E-state index is 12.6. The van der Waals surface area contributed by atoms with Crippen LogP contribution in [-0.2, 0) is 9.53 Å². The van der Waals surface area contributed by atoms with E-state index in [2.05, 4.69) is 10.2 Å². The number of piperidine rings is 2. The zero-order valence-electron chi connectivity index (χ0n) is 15.0. The summed E-state index contributed by atoms with van der Waals surface area (Å²) in [5.74, 6) is 0.0863. The van der Waals surface area contributed by atoms with E-state index >= 15 is 0 Å². The van der Waals surface area contributed by atoms with Crippen molar-refractivity contribution in [2.24, 2.45) is 0 Å². The second-order valence-electron chi connectivity index (χ2n) is 7.63. The fourth-order valence-electron chi connectivity index (χ4n) is 3.63. The highest BCUT2D eigenvalue weighted by Gasteiger charge is 2.46. The summed E-state index contributed by atoms with van der Waals surface area (Å²) in [6.07, 6.45) is 4.60. The van der Waals surface area contributed by atoms with Gasteiger partial charge in [-0.3, -0.25) is 9.69 Å². The lowest BCUT2D eigenvalue weighted by atomic mass is 9.83. The van der Waals surface area contributed by atoms with Gasteiger partial charge in [-0.25, -0.2) is 4.79 Å². The number of hydrogen-bond acceptors (Lipinski definition) is 4. The summed E-state index contributed by atoms with van der Waals surface area (Å²) in [6.45, 7) is 8.70. The Morgan fingerprint density at radius 1 is 1.00 bits per heavy atom. The van der Waals surface area contributed by atoms with Crippen LogP contribution in [0.15, 0.2) is 0 Å². The van der Waals surface area contributed by atoms with Crippen LogP contribution in [0.25, 0.3) is 0 Å². The van der Waals surface area contributed by atoms with Crippen molar-refractivity contribution in [1.82, 2.24) is 15.1 Å². The molecular weight excluding hydrogens is 294 g/mol. The summed E-state index contributed by atoms with van der Waals surface area (Å²) in [5, 5.41) is 2.84. The van der Waals surface area contributed by atoms with Crippen molar-refractivity contribution in [3.05, 3.63) is 0 Å². The summed E-state index contributed by atoms with van der Waals surface area (Å²) in [7, 11) is 1.70. The highest BCUT2D eigenvalue weighted by atomic mass is 16.6. The molecule has 2 aliphatic heterocycles. The summed E-state index contributed by atoms with van der Waals surface area (Å²) in [6, 6.07) is 0. The number of nitrogens with one attached hydrogen (secondary N) is 1. The Morgan fingerprint density at radius 3 is 2.04 bits per heavy atom. The lowest BCUT2D eigenvalue weighted by molar-refractivity contribution is -0.137. The molecule has 0 saturated carbocycles. The zero-order valence-corrected chi connectivity index (χ0v) is 15.0. The molecule has 132 valence electrons. The first kappa shape index (κ1) is 18.0. The quantitative estimate of drug-likeness (QED) is 0.843. The predicted octanol–water partition coefficient (Wildman–Crippen LogP) is 1.99. The van der Waals surface area contributed by atoms with Gasteiger partial charge in [0.2, 0.25) is 5.91 Å². The predicted molar refractivity (Wildman–Crippen MR) is 89.3 cm³/mol. The fourth-order valence-corrected chi connectivity index (χ4v) is 3.63. The van der Waals surface area contributed by atoms with Gasteiger partial charge in [0.1, 0.15) is 11.1 Å².